The van der Waals surface area contributed by atoms with Gasteiger partial charge < -0.3 is 4.74 Å². The van der Waals surface area contributed by atoms with E-state index in [0.29, 0.717) is 5.78 Å². The van der Waals surface area contributed by atoms with Crippen molar-refractivity contribution in [1.82, 2.24) is 0 Å². The van der Waals surface area contributed by atoms with Crippen molar-refractivity contribution in [1.29, 1.82) is 0 Å². The quantitative estimate of drug-likeness (QED) is 0.735. The van der Waals surface area contributed by atoms with Gasteiger partial charge in [0.15, 0.2) is 5.78 Å². The zero-order valence-electron chi connectivity index (χ0n) is 10.6. The molecular weight excluding hydrogens is 200 g/mol. The number of Topliss-reactive ketones (excluding diaryl/α,β-unsaturated/α-hetero) is 1. The van der Waals surface area contributed by atoms with Crippen molar-refractivity contribution in [2.45, 2.75) is 64.4 Å². The maximum absolute atomic E-state index is 12.4. The lowest BCUT2D eigenvalue weighted by molar-refractivity contribution is -0.142. The average molecular weight is 224 g/mol. The van der Waals surface area contributed by atoms with Gasteiger partial charge in [-0.05, 0) is 51.4 Å². The topological polar surface area (TPSA) is 26.3 Å². The minimum Gasteiger partial charge on any atom is -0.367 e. The molecule has 1 atom stereocenters. The minimum absolute atomic E-state index is 0.283. The molecule has 2 fully saturated rings. The number of carbonyl (C=O) groups is 1. The summed E-state index contributed by atoms with van der Waals surface area (Å²) >= 11 is 0. The van der Waals surface area contributed by atoms with Crippen LogP contribution in [0.5, 0.6) is 0 Å². The second-order valence-electron chi connectivity index (χ2n) is 5.67. The molecule has 1 heterocycles. The molecule has 2 heteroatoms. The van der Waals surface area contributed by atoms with E-state index in [4.69, 9.17) is 4.74 Å². The highest BCUT2D eigenvalue weighted by atomic mass is 16.5. The first-order chi connectivity index (χ1) is 7.65. The van der Waals surface area contributed by atoms with Crippen molar-refractivity contribution in [3.8, 4) is 0 Å². The Labute approximate surface area is 98.7 Å². The van der Waals surface area contributed by atoms with Gasteiger partial charge in [-0.3, -0.25) is 4.79 Å². The van der Waals surface area contributed by atoms with E-state index in [-0.39, 0.29) is 5.92 Å². The van der Waals surface area contributed by atoms with Crippen LogP contribution in [0.4, 0.5) is 0 Å². The molecule has 0 aromatic carbocycles. The lowest BCUT2D eigenvalue weighted by atomic mass is 9.75. The van der Waals surface area contributed by atoms with Crippen LogP contribution in [0.1, 0.15) is 58.8 Å². The molecule has 1 unspecified atom stereocenters. The van der Waals surface area contributed by atoms with Crippen LogP contribution in [-0.2, 0) is 9.53 Å². The van der Waals surface area contributed by atoms with Crippen LogP contribution in [0.3, 0.4) is 0 Å². The molecule has 0 aromatic heterocycles. The van der Waals surface area contributed by atoms with Crippen LogP contribution in [0.15, 0.2) is 0 Å². The second-order valence-corrected chi connectivity index (χ2v) is 5.67. The molecule has 1 saturated carbocycles. The molecule has 0 aromatic rings. The highest BCUT2D eigenvalue weighted by Gasteiger charge is 2.41. The van der Waals surface area contributed by atoms with Gasteiger partial charge in [-0.2, -0.15) is 0 Å². The SMILES string of the molecule is CCC1CCC(C(=O)C2(C)CCCO2)CC1. The van der Waals surface area contributed by atoms with E-state index in [0.717, 1.165) is 38.2 Å². The van der Waals surface area contributed by atoms with Crippen LogP contribution in [-0.4, -0.2) is 18.0 Å². The van der Waals surface area contributed by atoms with Gasteiger partial charge in [0.05, 0.1) is 0 Å². The van der Waals surface area contributed by atoms with E-state index in [2.05, 4.69) is 6.92 Å². The fourth-order valence-electron chi connectivity index (χ4n) is 3.24. The predicted octanol–water partition coefficient (Wildman–Crippen LogP) is 3.34. The Morgan fingerprint density at radius 1 is 1.31 bits per heavy atom. The van der Waals surface area contributed by atoms with E-state index in [1.54, 1.807) is 0 Å². The molecule has 2 rings (SSSR count). The zero-order chi connectivity index (χ0) is 11.6. The van der Waals surface area contributed by atoms with Crippen molar-refractivity contribution in [2.75, 3.05) is 6.61 Å². The first kappa shape index (κ1) is 12.1. The number of hydrogen-bond acceptors (Lipinski definition) is 2. The van der Waals surface area contributed by atoms with Crippen LogP contribution < -0.4 is 0 Å². The Kier molecular flexibility index (Phi) is 3.68. The summed E-state index contributed by atoms with van der Waals surface area (Å²) in [4.78, 5) is 12.4. The molecule has 2 nitrogen and oxygen atoms in total. The van der Waals surface area contributed by atoms with Crippen molar-refractivity contribution in [2.24, 2.45) is 11.8 Å². The third-order valence-corrected chi connectivity index (χ3v) is 4.53. The van der Waals surface area contributed by atoms with Crippen LogP contribution in [0, 0.1) is 11.8 Å². The van der Waals surface area contributed by atoms with Gasteiger partial charge in [-0.15, -0.1) is 0 Å². The molecular formula is C14H24O2. The van der Waals surface area contributed by atoms with E-state index >= 15 is 0 Å². The van der Waals surface area contributed by atoms with Gasteiger partial charge in [0.25, 0.3) is 0 Å². The van der Waals surface area contributed by atoms with Crippen LogP contribution >= 0.6 is 0 Å². The molecule has 2 aliphatic rings. The van der Waals surface area contributed by atoms with Gasteiger partial charge in [0, 0.05) is 12.5 Å². The fourth-order valence-corrected chi connectivity index (χ4v) is 3.24. The smallest absolute Gasteiger partial charge is 0.167 e. The van der Waals surface area contributed by atoms with E-state index < -0.39 is 5.60 Å². The Morgan fingerprint density at radius 2 is 2.00 bits per heavy atom. The summed E-state index contributed by atoms with van der Waals surface area (Å²) in [5.74, 6) is 1.53. The second kappa shape index (κ2) is 4.87. The maximum atomic E-state index is 12.4. The van der Waals surface area contributed by atoms with Crippen molar-refractivity contribution in [3.63, 3.8) is 0 Å². The molecule has 0 spiro atoms. The summed E-state index contributed by atoms with van der Waals surface area (Å²) in [6, 6.07) is 0. The van der Waals surface area contributed by atoms with E-state index in [9.17, 15) is 4.79 Å². The zero-order valence-corrected chi connectivity index (χ0v) is 10.6. The Balaban J connectivity index is 1.91. The summed E-state index contributed by atoms with van der Waals surface area (Å²) in [6.45, 7) is 5.02. The highest BCUT2D eigenvalue weighted by Crippen LogP contribution is 2.36. The fraction of sp³-hybridized carbons (Fsp3) is 0.929. The van der Waals surface area contributed by atoms with E-state index in [1.165, 1.54) is 19.3 Å². The van der Waals surface area contributed by atoms with Crippen molar-refractivity contribution in [3.05, 3.63) is 0 Å². The van der Waals surface area contributed by atoms with Crippen molar-refractivity contribution < 1.29 is 9.53 Å². The van der Waals surface area contributed by atoms with Crippen molar-refractivity contribution >= 4 is 5.78 Å². The Bertz CT molecular complexity index is 245. The number of ketones is 1. The number of hydrogen-bond donors (Lipinski definition) is 0. The normalized spacial score (nSPS) is 39.9. The summed E-state index contributed by atoms with van der Waals surface area (Å²) < 4.78 is 5.66. The summed E-state index contributed by atoms with van der Waals surface area (Å²) in [5, 5.41) is 0. The lowest BCUT2D eigenvalue weighted by Gasteiger charge is -2.32. The third-order valence-electron chi connectivity index (χ3n) is 4.53. The average Bonchev–Trinajstić information content (AvgIpc) is 2.77. The number of carbonyl (C=O) groups excluding carboxylic acids is 1. The highest BCUT2D eigenvalue weighted by molar-refractivity contribution is 5.89. The monoisotopic (exact) mass is 224 g/mol. The lowest BCUT2D eigenvalue weighted by Crippen LogP contribution is -2.40. The molecule has 1 saturated heterocycles. The standard InChI is InChI=1S/C14H24O2/c1-3-11-5-7-12(8-6-11)13(15)14(2)9-4-10-16-14/h11-12H,3-10H2,1-2H3. The predicted molar refractivity (Wildman–Crippen MR) is 64.3 cm³/mol. The van der Waals surface area contributed by atoms with Crippen LogP contribution in [0.25, 0.3) is 0 Å². The first-order valence-corrected chi connectivity index (χ1v) is 6.84. The Hall–Kier alpha value is -0.370. The van der Waals surface area contributed by atoms with Gasteiger partial charge in [0.1, 0.15) is 5.60 Å². The van der Waals surface area contributed by atoms with Gasteiger partial charge >= 0.3 is 0 Å². The molecule has 0 radical (unpaired) electrons. The molecule has 1 aliphatic carbocycles. The molecule has 0 amide bonds. The largest absolute Gasteiger partial charge is 0.367 e. The number of ether oxygens (including phenoxy) is 1. The molecule has 92 valence electrons. The van der Waals surface area contributed by atoms with Crippen LogP contribution in [0.2, 0.25) is 0 Å². The third kappa shape index (κ3) is 2.32. The van der Waals surface area contributed by atoms with Gasteiger partial charge in [0.2, 0.25) is 0 Å². The summed E-state index contributed by atoms with van der Waals surface area (Å²) in [6.07, 6.45) is 7.92. The summed E-state index contributed by atoms with van der Waals surface area (Å²) in [5.41, 5.74) is -0.441. The first-order valence-electron chi connectivity index (χ1n) is 6.84. The Morgan fingerprint density at radius 3 is 2.50 bits per heavy atom. The number of rotatable bonds is 3. The maximum Gasteiger partial charge on any atom is 0.167 e. The molecule has 0 bridgehead atoms. The van der Waals surface area contributed by atoms with Gasteiger partial charge in [-0.25, -0.2) is 0 Å². The minimum atomic E-state index is -0.441. The summed E-state index contributed by atoms with van der Waals surface area (Å²) in [7, 11) is 0. The van der Waals surface area contributed by atoms with Gasteiger partial charge in [-0.1, -0.05) is 13.3 Å². The molecule has 0 N–H and O–H groups in total. The molecule has 1 aliphatic heterocycles. The molecule has 16 heavy (non-hydrogen) atoms. The van der Waals surface area contributed by atoms with E-state index in [1.807, 2.05) is 6.92 Å².